The Morgan fingerprint density at radius 3 is 1.82 bits per heavy atom. The van der Waals surface area contributed by atoms with E-state index < -0.39 is 0 Å². The van der Waals surface area contributed by atoms with E-state index in [0.29, 0.717) is 19.6 Å². The van der Waals surface area contributed by atoms with Gasteiger partial charge >= 0.3 is 5.97 Å². The van der Waals surface area contributed by atoms with Crippen LogP contribution >= 0.6 is 15.9 Å². The van der Waals surface area contributed by atoms with Gasteiger partial charge in [-0.25, -0.2) is 0 Å². The number of rotatable bonds is 17. The molecule has 4 heteroatoms. The minimum atomic E-state index is -0.0236. The van der Waals surface area contributed by atoms with Gasteiger partial charge in [-0.2, -0.15) is 0 Å². The number of carbonyl (C=O) groups is 1. The second kappa shape index (κ2) is 19.0. The third-order valence-corrected chi connectivity index (χ3v) is 4.39. The van der Waals surface area contributed by atoms with Crippen molar-refractivity contribution in [3.63, 3.8) is 0 Å². The van der Waals surface area contributed by atoms with Gasteiger partial charge in [-0.05, 0) is 25.7 Å². The van der Waals surface area contributed by atoms with Gasteiger partial charge in [0.2, 0.25) is 0 Å². The molecule has 0 saturated heterocycles. The minimum Gasteiger partial charge on any atom is -0.466 e. The Hall–Kier alpha value is -0.0900. The van der Waals surface area contributed by atoms with Crippen LogP contribution in [0.3, 0.4) is 0 Å². The maximum absolute atomic E-state index is 11.5. The molecule has 1 N–H and O–H groups in total. The van der Waals surface area contributed by atoms with Crippen molar-refractivity contribution in [2.45, 2.75) is 89.9 Å². The Balaban J connectivity index is 3.12. The molecule has 0 aromatic carbocycles. The first-order valence-corrected chi connectivity index (χ1v) is 10.3. The molecular formula is C18H35BrO3. The van der Waals surface area contributed by atoms with E-state index in [2.05, 4.69) is 15.9 Å². The Bertz CT molecular complexity index is 234. The van der Waals surface area contributed by atoms with Gasteiger partial charge in [0.05, 0.1) is 6.61 Å². The number of carbonyl (C=O) groups excluding carboxylic acids is 1. The lowest BCUT2D eigenvalue weighted by Gasteiger charge is -2.05. The number of hydrogen-bond donors (Lipinski definition) is 1. The molecule has 0 amide bonds. The number of hydrogen-bond acceptors (Lipinski definition) is 3. The second-order valence-electron chi connectivity index (χ2n) is 5.98. The fraction of sp³-hybridized carbons (Fsp3) is 0.944. The van der Waals surface area contributed by atoms with E-state index >= 15 is 0 Å². The molecule has 0 unspecified atom stereocenters. The first-order chi connectivity index (χ1) is 10.8. The molecule has 0 aliphatic heterocycles. The van der Waals surface area contributed by atoms with E-state index in [1.807, 2.05) is 0 Å². The molecule has 0 heterocycles. The molecular weight excluding hydrogens is 344 g/mol. The lowest BCUT2D eigenvalue weighted by molar-refractivity contribution is -0.143. The van der Waals surface area contributed by atoms with Crippen molar-refractivity contribution in [3.05, 3.63) is 0 Å². The maximum Gasteiger partial charge on any atom is 0.305 e. The Morgan fingerprint density at radius 2 is 1.23 bits per heavy atom. The number of esters is 1. The molecule has 0 rings (SSSR count). The number of aliphatic hydroxyl groups excluding tert-OH is 1. The number of halogens is 1. The van der Waals surface area contributed by atoms with E-state index in [9.17, 15) is 4.79 Å². The lowest BCUT2D eigenvalue weighted by Crippen LogP contribution is -2.05. The predicted octanol–water partition coefficient (Wildman–Crippen LogP) is 5.38. The van der Waals surface area contributed by atoms with Gasteiger partial charge in [-0.3, -0.25) is 4.79 Å². The van der Waals surface area contributed by atoms with Crippen molar-refractivity contribution in [2.75, 3.05) is 18.5 Å². The highest BCUT2D eigenvalue weighted by molar-refractivity contribution is 9.09. The highest BCUT2D eigenvalue weighted by Gasteiger charge is 2.02. The van der Waals surface area contributed by atoms with E-state index in [1.54, 1.807) is 0 Å². The van der Waals surface area contributed by atoms with Crippen LogP contribution in [0.4, 0.5) is 0 Å². The highest BCUT2D eigenvalue weighted by atomic mass is 79.9. The molecule has 0 aromatic rings. The van der Waals surface area contributed by atoms with Gasteiger partial charge in [0, 0.05) is 18.4 Å². The summed E-state index contributed by atoms with van der Waals surface area (Å²) < 4.78 is 5.26. The SMILES string of the molecule is O=C(CCCCCCCBr)OCCCCCCCCCCO. The molecule has 0 aliphatic rings. The normalized spacial score (nSPS) is 10.8. The summed E-state index contributed by atoms with van der Waals surface area (Å²) in [6.45, 7) is 0.912. The molecule has 0 aliphatic carbocycles. The molecule has 0 spiro atoms. The topological polar surface area (TPSA) is 46.5 Å². The monoisotopic (exact) mass is 378 g/mol. The summed E-state index contributed by atoms with van der Waals surface area (Å²) in [5, 5.41) is 9.75. The molecule has 0 aromatic heterocycles. The molecule has 0 atom stereocenters. The van der Waals surface area contributed by atoms with E-state index in [-0.39, 0.29) is 5.97 Å². The third kappa shape index (κ3) is 18.0. The van der Waals surface area contributed by atoms with E-state index in [4.69, 9.17) is 9.84 Å². The maximum atomic E-state index is 11.5. The molecule has 0 bridgehead atoms. The zero-order chi connectivity index (χ0) is 16.3. The predicted molar refractivity (Wildman–Crippen MR) is 96.5 cm³/mol. The van der Waals surface area contributed by atoms with Crippen LogP contribution in [0.2, 0.25) is 0 Å². The van der Waals surface area contributed by atoms with Crippen LogP contribution in [0.1, 0.15) is 89.9 Å². The van der Waals surface area contributed by atoms with Gasteiger partial charge in [0.15, 0.2) is 0 Å². The first kappa shape index (κ1) is 21.9. The number of aliphatic hydroxyl groups is 1. The number of unbranched alkanes of at least 4 members (excludes halogenated alkanes) is 11. The summed E-state index contributed by atoms with van der Waals surface area (Å²) in [5.41, 5.74) is 0. The van der Waals surface area contributed by atoms with Crippen LogP contribution < -0.4 is 0 Å². The van der Waals surface area contributed by atoms with Crippen LogP contribution in [0.15, 0.2) is 0 Å². The summed E-state index contributed by atoms with van der Waals surface area (Å²) in [6, 6.07) is 0. The molecule has 0 fully saturated rings. The van der Waals surface area contributed by atoms with E-state index in [1.165, 1.54) is 44.9 Å². The minimum absolute atomic E-state index is 0.0236. The van der Waals surface area contributed by atoms with Crippen LogP contribution in [-0.4, -0.2) is 29.6 Å². The molecule has 3 nitrogen and oxygen atoms in total. The quantitative estimate of drug-likeness (QED) is 0.210. The largest absolute Gasteiger partial charge is 0.466 e. The smallest absolute Gasteiger partial charge is 0.305 e. The molecule has 0 radical (unpaired) electrons. The molecule has 0 saturated carbocycles. The van der Waals surface area contributed by atoms with Gasteiger partial charge < -0.3 is 9.84 Å². The fourth-order valence-electron chi connectivity index (χ4n) is 2.43. The van der Waals surface area contributed by atoms with Gasteiger partial charge in [-0.15, -0.1) is 0 Å². The summed E-state index contributed by atoms with van der Waals surface area (Å²) >= 11 is 3.42. The van der Waals surface area contributed by atoms with Crippen LogP contribution in [0.5, 0.6) is 0 Å². The average molecular weight is 379 g/mol. The number of ether oxygens (including phenoxy) is 1. The zero-order valence-corrected chi connectivity index (χ0v) is 15.7. The highest BCUT2D eigenvalue weighted by Crippen LogP contribution is 2.09. The van der Waals surface area contributed by atoms with Crippen LogP contribution in [0.25, 0.3) is 0 Å². The average Bonchev–Trinajstić information content (AvgIpc) is 2.52. The standard InChI is InChI=1S/C18H35BrO3/c19-15-11-7-5-6-10-14-18(21)22-17-13-9-4-2-1-3-8-12-16-20/h20H,1-17H2. The van der Waals surface area contributed by atoms with Crippen molar-refractivity contribution in [3.8, 4) is 0 Å². The Kier molecular flexibility index (Phi) is 18.9. The van der Waals surface area contributed by atoms with Crippen LogP contribution in [0, 0.1) is 0 Å². The van der Waals surface area contributed by atoms with Gasteiger partial charge in [-0.1, -0.05) is 73.7 Å². The Morgan fingerprint density at radius 1 is 0.727 bits per heavy atom. The van der Waals surface area contributed by atoms with Crippen molar-refractivity contribution in [2.24, 2.45) is 0 Å². The molecule has 22 heavy (non-hydrogen) atoms. The summed E-state index contributed by atoms with van der Waals surface area (Å²) in [4.78, 5) is 11.5. The van der Waals surface area contributed by atoms with Crippen molar-refractivity contribution < 1.29 is 14.6 Å². The van der Waals surface area contributed by atoms with Crippen molar-refractivity contribution in [1.29, 1.82) is 0 Å². The Labute approximate surface area is 145 Å². The van der Waals surface area contributed by atoms with Gasteiger partial charge in [0.1, 0.15) is 0 Å². The third-order valence-electron chi connectivity index (χ3n) is 3.83. The molecule has 132 valence electrons. The van der Waals surface area contributed by atoms with Crippen molar-refractivity contribution in [1.82, 2.24) is 0 Å². The first-order valence-electron chi connectivity index (χ1n) is 9.13. The summed E-state index contributed by atoms with van der Waals surface area (Å²) in [5.74, 6) is -0.0236. The summed E-state index contributed by atoms with van der Waals surface area (Å²) in [7, 11) is 0. The lowest BCUT2D eigenvalue weighted by atomic mass is 10.1. The fourth-order valence-corrected chi connectivity index (χ4v) is 2.82. The van der Waals surface area contributed by atoms with Crippen LogP contribution in [-0.2, 0) is 9.53 Å². The second-order valence-corrected chi connectivity index (χ2v) is 6.77. The van der Waals surface area contributed by atoms with E-state index in [0.717, 1.165) is 43.9 Å². The zero-order valence-electron chi connectivity index (χ0n) is 14.2. The van der Waals surface area contributed by atoms with Gasteiger partial charge in [0.25, 0.3) is 0 Å². The number of alkyl halides is 1. The van der Waals surface area contributed by atoms with Crippen molar-refractivity contribution >= 4 is 21.9 Å². The summed E-state index contributed by atoms with van der Waals surface area (Å²) in [6.07, 6.45) is 15.6.